The van der Waals surface area contributed by atoms with Crippen LogP contribution in [0.25, 0.3) is 11.4 Å². The van der Waals surface area contributed by atoms with Crippen LogP contribution in [0.2, 0.25) is 0 Å². The Morgan fingerprint density at radius 3 is 1.22 bits per heavy atom. The van der Waals surface area contributed by atoms with Gasteiger partial charge in [0.15, 0.2) is 40.3 Å². The maximum atomic E-state index is 11.9. The quantitative estimate of drug-likeness (QED) is 0.0163. The number of amides is 2. The Morgan fingerprint density at radius 1 is 0.716 bits per heavy atom. The van der Waals surface area contributed by atoms with Crippen LogP contribution in [0.1, 0.15) is 35.1 Å². The molecule has 368 valence electrons. The van der Waals surface area contributed by atoms with Crippen LogP contribution >= 0.6 is 48.9 Å². The van der Waals surface area contributed by atoms with E-state index in [9.17, 15) is 9.59 Å². The van der Waals surface area contributed by atoms with Gasteiger partial charge in [-0.15, -0.1) is 0 Å². The molecule has 0 aliphatic heterocycles. The number of hydrogen-bond acceptors (Lipinski definition) is 23. The van der Waals surface area contributed by atoms with Crippen molar-refractivity contribution in [1.29, 1.82) is 0 Å². The Labute approximate surface area is 501 Å². The van der Waals surface area contributed by atoms with Crippen molar-refractivity contribution in [1.82, 2.24) is 31.2 Å². The van der Waals surface area contributed by atoms with Crippen LogP contribution < -0.4 is 185 Å². The maximum absolute atomic E-state index is 11.9. The van der Waals surface area contributed by atoms with Gasteiger partial charge in [0, 0.05) is 27.6 Å². The number of nitrogens with one attached hydrogen (secondary N) is 4. The Bertz CT molecular complexity index is 2050. The van der Waals surface area contributed by atoms with Crippen LogP contribution in [-0.4, -0.2) is 122 Å². The molecule has 0 fully saturated rings. The van der Waals surface area contributed by atoms with Gasteiger partial charge in [-0.1, -0.05) is 7.43 Å². The summed E-state index contributed by atoms with van der Waals surface area (Å²) in [5.41, 5.74) is 8.11. The molecule has 0 saturated heterocycles. The van der Waals surface area contributed by atoms with Crippen molar-refractivity contribution in [2.24, 2.45) is 17.5 Å². The molecule has 2 amide bonds. The molecule has 4 rings (SSSR count). The summed E-state index contributed by atoms with van der Waals surface area (Å²) in [5.74, 6) is 22.4. The van der Waals surface area contributed by atoms with Crippen LogP contribution in [0, 0.1) is 4.77 Å². The number of nitrogens with two attached hydrogens (primary N) is 4. The number of aliphatic hydroxyl groups excluding tert-OH is 1. The minimum absolute atomic E-state index is 0. The van der Waals surface area contributed by atoms with E-state index >= 15 is 0 Å². The van der Waals surface area contributed by atoms with Crippen molar-refractivity contribution in [2.45, 2.75) is 14.4 Å². The van der Waals surface area contributed by atoms with E-state index in [2.05, 4.69) is 82.0 Å². The van der Waals surface area contributed by atoms with E-state index in [-0.39, 0.29) is 132 Å². The molecule has 0 aliphatic rings. The minimum atomic E-state index is -0.431. The average molecular weight is 1090 g/mol. The molecule has 16 N–H and O–H groups in total. The van der Waals surface area contributed by atoms with Crippen LogP contribution in [0.3, 0.4) is 0 Å². The Kier molecular flexibility index (Phi) is 53.6. The van der Waals surface area contributed by atoms with E-state index in [1.165, 1.54) is 71.6 Å². The van der Waals surface area contributed by atoms with Crippen molar-refractivity contribution in [2.75, 3.05) is 76.4 Å². The van der Waals surface area contributed by atoms with Gasteiger partial charge in [0.1, 0.15) is 0 Å². The number of hydrazine groups is 3. The molecule has 1 aromatic heterocycles. The second kappa shape index (κ2) is 45.7. The van der Waals surface area contributed by atoms with Crippen LogP contribution in [0.4, 0.5) is 0 Å². The third-order valence-electron chi connectivity index (χ3n) is 6.89. The number of carbonyl (C=O) groups is 2. The number of thiocarbonyl (C=S) groups is 3. The topological polar surface area (TPSA) is 373 Å². The Balaban J connectivity index is -0.000000144. The standard InChI is InChI=1S/C11H14N4O3S.C11H14N2O4S2.C10H14N2O4.C2H6O.CS2.CH4.2K.H4N2.2H2O/c1-16-7-4-6(5-8(17-2)9(7)18-3)10-13-14-11(19)15(10)12;1-15-7-4-6(10(14)12-13-11(18)19)5-8(16-2)9(7)17-3;1-14-7-4-6(10(13)12-11)5-8(15-2)9(7)16-3;1-2-3;2-1-3;;;;1-2;;/h4-5H,12H2,1-3H3,(H,14,19);4-5H,1-3H3,(H,12,14)(H2,13,18,19);4-5H,11H2,1-3H3,(H,12,13);3H,2H2,1H3;;1H4;;;1-2H2;2*1H2/q;;;;;;2*+1;;;/p-2. The van der Waals surface area contributed by atoms with Gasteiger partial charge in [0.05, 0.1) is 64.0 Å². The van der Waals surface area contributed by atoms with E-state index < -0.39 is 11.8 Å². The molecular formula is C36H58K2N10O14S5. The second-order valence-electron chi connectivity index (χ2n) is 10.2. The molecule has 0 bridgehead atoms. The largest absolute Gasteiger partial charge is 1.00 e. The van der Waals surface area contributed by atoms with E-state index in [1.54, 1.807) is 40.4 Å². The molecule has 31 heteroatoms. The molecule has 24 nitrogen and oxygen atoms in total. The zero-order valence-corrected chi connectivity index (χ0v) is 48.6. The fourth-order valence-electron chi connectivity index (χ4n) is 4.41. The number of nitrogens with zero attached hydrogens (tertiary/aromatic N) is 2. The molecule has 3 aromatic carbocycles. The van der Waals surface area contributed by atoms with E-state index in [1.807, 2.05) is 9.74 Å². The summed E-state index contributed by atoms with van der Waals surface area (Å²) in [7, 11) is 13.5. The van der Waals surface area contributed by atoms with Gasteiger partial charge < -0.3 is 94.8 Å². The van der Waals surface area contributed by atoms with Crippen molar-refractivity contribution in [3.05, 3.63) is 52.3 Å². The van der Waals surface area contributed by atoms with E-state index in [0.717, 1.165) is 0 Å². The first kappa shape index (κ1) is 78.5. The first-order chi connectivity index (χ1) is 29.6. The summed E-state index contributed by atoms with van der Waals surface area (Å²) < 4.78 is 50.1. The van der Waals surface area contributed by atoms with Crippen molar-refractivity contribution in [3.8, 4) is 63.1 Å². The number of methoxy groups -OCH3 is 9. The first-order valence-electron chi connectivity index (χ1n) is 16.7. The van der Waals surface area contributed by atoms with Gasteiger partial charge >= 0.3 is 103 Å². The molecule has 0 aliphatic carbocycles. The van der Waals surface area contributed by atoms with Crippen molar-refractivity contribution < 1.29 is 171 Å². The molecule has 0 saturated carbocycles. The third-order valence-corrected chi connectivity index (χ3v) is 7.38. The molecule has 67 heavy (non-hydrogen) atoms. The number of nitrogen functional groups attached to an aromatic ring is 2. The summed E-state index contributed by atoms with van der Waals surface area (Å²) in [6.07, 6.45) is 0. The fourth-order valence-corrected chi connectivity index (χ4v) is 4.64. The van der Waals surface area contributed by atoms with E-state index in [4.69, 9.17) is 71.6 Å². The molecular weight excluding hydrogens is 1030 g/mol. The van der Waals surface area contributed by atoms with Crippen LogP contribution in [0.5, 0.6) is 51.7 Å². The van der Waals surface area contributed by atoms with Gasteiger partial charge in [-0.2, -0.15) is 5.10 Å². The molecule has 0 spiro atoms. The van der Waals surface area contributed by atoms with Crippen LogP contribution in [-0.2, 0) is 12.6 Å². The molecule has 1 heterocycles. The fraction of sp³-hybridized carbons (Fsp3) is 0.333. The van der Waals surface area contributed by atoms with Gasteiger partial charge in [-0.25, -0.2) is 15.6 Å². The van der Waals surface area contributed by atoms with E-state index in [0.29, 0.717) is 79.0 Å². The van der Waals surface area contributed by atoms with Crippen molar-refractivity contribution >= 4 is 81.9 Å². The number of carbonyl (C=O) groups excluding carboxylic acids is 2. The van der Waals surface area contributed by atoms with Gasteiger partial charge in [-0.3, -0.25) is 32.1 Å². The smallest absolute Gasteiger partial charge is 0.870 e. The second-order valence-corrected chi connectivity index (χ2v) is 12.3. The number of benzene rings is 3. The van der Waals surface area contributed by atoms with Crippen molar-refractivity contribution in [3.63, 3.8) is 0 Å². The average Bonchev–Trinajstić information content (AvgIpc) is 3.64. The predicted octanol–water partition coefficient (Wildman–Crippen LogP) is -4.08. The van der Waals surface area contributed by atoms with Gasteiger partial charge in [-0.05, 0) is 84.3 Å². The maximum Gasteiger partial charge on any atom is 1.00 e. The molecule has 0 unspecified atom stereocenters. The summed E-state index contributed by atoms with van der Waals surface area (Å²) in [6, 6.07) is 9.56. The Morgan fingerprint density at radius 2 is 1.00 bits per heavy atom. The Hall–Kier alpha value is -2.68. The number of rotatable bonds is 12. The molecule has 0 radical (unpaired) electrons. The van der Waals surface area contributed by atoms with Gasteiger partial charge in [0.25, 0.3) is 11.8 Å². The SMILES string of the molecule is C.CCO.COc1cc(-c2n[nH]c(=S)n2N)cc(OC)c1OC.COc1cc(C(=O)NN)cc(OC)c1OC.COc1cc(C(=O)NNC(=S)[S-])cc(OC)c1OC.NN.O.S=C=S.[K+].[K+].[OH-]. The van der Waals surface area contributed by atoms with Crippen LogP contribution in [0.15, 0.2) is 36.4 Å². The zero-order chi connectivity index (χ0) is 47.9. The minimum Gasteiger partial charge on any atom is -0.870 e. The number of H-pyrrole nitrogens is 1. The number of aromatic amines is 1. The number of hydrogen-bond donors (Lipinski definition) is 9. The summed E-state index contributed by atoms with van der Waals surface area (Å²) in [4.78, 5) is 23.2. The monoisotopic (exact) mass is 1090 g/mol. The third kappa shape index (κ3) is 26.2. The van der Waals surface area contributed by atoms with Gasteiger partial charge in [0.2, 0.25) is 22.0 Å². The summed E-state index contributed by atoms with van der Waals surface area (Å²) in [6.45, 7) is 1.93. The first-order valence-corrected chi connectivity index (χ1v) is 18.7. The number of aliphatic hydroxyl groups is 1. The normalized spacial score (nSPS) is 8.33. The zero-order valence-electron chi connectivity index (χ0n) is 38.3. The number of aromatic nitrogens is 3. The molecule has 0 atom stereocenters. The summed E-state index contributed by atoms with van der Waals surface area (Å²) >= 11 is 22.1. The predicted molar refractivity (Wildman–Crippen MR) is 261 cm³/mol. The number of ether oxygens (including phenoxy) is 9. The molecule has 4 aromatic rings. The summed E-state index contributed by atoms with van der Waals surface area (Å²) in [5, 5.41) is 14.2.